The number of benzene rings is 2. The largest absolute Gasteiger partial charge is 0.423 e. The van der Waals surface area contributed by atoms with E-state index in [4.69, 9.17) is 10.2 Å². The second kappa shape index (κ2) is 4.49. The van der Waals surface area contributed by atoms with Crippen molar-refractivity contribution in [3.8, 4) is 0 Å². The summed E-state index contributed by atoms with van der Waals surface area (Å²) in [5.74, 6) is 0. The lowest BCUT2D eigenvalue weighted by Crippen LogP contribution is -1.92. The van der Waals surface area contributed by atoms with Gasteiger partial charge in [-0.05, 0) is 29.7 Å². The highest BCUT2D eigenvalue weighted by atomic mass is 16.4. The number of nitrogen functional groups attached to an aromatic ring is 1. The lowest BCUT2D eigenvalue weighted by atomic mass is 10.1. The Morgan fingerprint density at radius 3 is 2.86 bits per heavy atom. The summed E-state index contributed by atoms with van der Waals surface area (Å²) >= 11 is 0. The topological polar surface area (TPSA) is 77.0 Å². The van der Waals surface area contributed by atoms with Gasteiger partial charge in [0.2, 0.25) is 0 Å². The molecule has 4 aromatic rings. The number of hydrogen-bond acceptors (Lipinski definition) is 5. The quantitative estimate of drug-likeness (QED) is 0.546. The number of nitrogens with one attached hydrogen (secondary N) is 1. The van der Waals surface area contributed by atoms with Crippen molar-refractivity contribution >= 4 is 39.3 Å². The van der Waals surface area contributed by atoms with E-state index in [-0.39, 0.29) is 0 Å². The fourth-order valence-corrected chi connectivity index (χ4v) is 2.36. The number of oxazole rings is 1. The van der Waals surface area contributed by atoms with E-state index in [0.29, 0.717) is 22.8 Å². The minimum atomic E-state index is 0.416. The number of nitrogens with zero attached hydrogens (tertiary/aromatic N) is 2. The van der Waals surface area contributed by atoms with E-state index in [9.17, 15) is 0 Å². The Balaban J connectivity index is 1.81. The molecular weight excluding hydrogens is 264 g/mol. The highest BCUT2D eigenvalue weighted by molar-refractivity contribution is 5.94. The molecule has 0 spiro atoms. The summed E-state index contributed by atoms with van der Waals surface area (Å²) in [7, 11) is 0. The van der Waals surface area contributed by atoms with Crippen LogP contribution in [0, 0.1) is 0 Å². The zero-order valence-electron chi connectivity index (χ0n) is 11.1. The van der Waals surface area contributed by atoms with Crippen LogP contribution in [-0.4, -0.2) is 9.97 Å². The molecule has 0 saturated heterocycles. The Morgan fingerprint density at radius 2 is 1.95 bits per heavy atom. The lowest BCUT2D eigenvalue weighted by molar-refractivity contribution is 0.623. The first kappa shape index (κ1) is 11.7. The molecule has 3 N–H and O–H groups in total. The summed E-state index contributed by atoms with van der Waals surface area (Å²) in [6.45, 7) is 0. The SMILES string of the molecule is Nc1cccc2oc(Nc3cccc4ccncc34)nc12. The van der Waals surface area contributed by atoms with Gasteiger partial charge in [-0.1, -0.05) is 18.2 Å². The fraction of sp³-hybridized carbons (Fsp3) is 0. The maximum atomic E-state index is 5.89. The molecule has 0 radical (unpaired) electrons. The van der Waals surface area contributed by atoms with Crippen LogP contribution in [0.3, 0.4) is 0 Å². The minimum absolute atomic E-state index is 0.416. The summed E-state index contributed by atoms with van der Waals surface area (Å²) < 4.78 is 5.68. The Labute approximate surface area is 120 Å². The van der Waals surface area contributed by atoms with Crippen molar-refractivity contribution in [3.05, 3.63) is 54.9 Å². The molecule has 5 nitrogen and oxygen atoms in total. The predicted molar refractivity (Wildman–Crippen MR) is 83.4 cm³/mol. The molecule has 0 aliphatic heterocycles. The van der Waals surface area contributed by atoms with Crippen molar-refractivity contribution in [2.45, 2.75) is 0 Å². The highest BCUT2D eigenvalue weighted by Gasteiger charge is 2.09. The van der Waals surface area contributed by atoms with Crippen LogP contribution in [0.1, 0.15) is 0 Å². The average molecular weight is 276 g/mol. The van der Waals surface area contributed by atoms with Crippen LogP contribution in [0.25, 0.3) is 21.9 Å². The van der Waals surface area contributed by atoms with Gasteiger partial charge >= 0.3 is 0 Å². The Hall–Kier alpha value is -3.08. The number of rotatable bonds is 2. The number of anilines is 3. The van der Waals surface area contributed by atoms with E-state index in [1.165, 1.54) is 0 Å². The number of pyridine rings is 1. The molecule has 0 bridgehead atoms. The van der Waals surface area contributed by atoms with Gasteiger partial charge in [-0.15, -0.1) is 0 Å². The zero-order valence-corrected chi connectivity index (χ0v) is 11.1. The summed E-state index contributed by atoms with van der Waals surface area (Å²) in [5, 5.41) is 5.30. The van der Waals surface area contributed by atoms with E-state index in [1.807, 2.05) is 42.6 Å². The Morgan fingerprint density at radius 1 is 1.05 bits per heavy atom. The van der Waals surface area contributed by atoms with Crippen LogP contribution in [-0.2, 0) is 0 Å². The number of fused-ring (bicyclic) bond motifs is 2. The normalized spacial score (nSPS) is 11.0. The van der Waals surface area contributed by atoms with Crippen molar-refractivity contribution in [2.24, 2.45) is 0 Å². The van der Waals surface area contributed by atoms with E-state index in [2.05, 4.69) is 15.3 Å². The molecule has 0 aliphatic carbocycles. The molecular formula is C16H12N4O. The van der Waals surface area contributed by atoms with Crippen LogP contribution in [0.4, 0.5) is 17.4 Å². The molecule has 0 atom stereocenters. The molecule has 2 aromatic heterocycles. The molecule has 5 heteroatoms. The molecule has 0 unspecified atom stereocenters. The van der Waals surface area contributed by atoms with Gasteiger partial charge in [0.15, 0.2) is 5.58 Å². The second-order valence-electron chi connectivity index (χ2n) is 4.74. The fourth-order valence-electron chi connectivity index (χ4n) is 2.36. The Bertz CT molecular complexity index is 940. The molecule has 2 aromatic carbocycles. The monoisotopic (exact) mass is 276 g/mol. The average Bonchev–Trinajstić information content (AvgIpc) is 2.92. The van der Waals surface area contributed by atoms with Crippen molar-refractivity contribution < 1.29 is 4.42 Å². The Kier molecular flexibility index (Phi) is 2.50. The van der Waals surface area contributed by atoms with Gasteiger partial charge in [-0.2, -0.15) is 4.98 Å². The van der Waals surface area contributed by atoms with Gasteiger partial charge in [-0.25, -0.2) is 0 Å². The van der Waals surface area contributed by atoms with E-state index in [1.54, 1.807) is 12.3 Å². The van der Waals surface area contributed by atoms with Crippen molar-refractivity contribution in [1.82, 2.24) is 9.97 Å². The molecule has 0 fully saturated rings. The zero-order chi connectivity index (χ0) is 14.2. The number of aromatic nitrogens is 2. The maximum Gasteiger partial charge on any atom is 0.300 e. The molecule has 102 valence electrons. The first-order chi connectivity index (χ1) is 10.3. The van der Waals surface area contributed by atoms with Gasteiger partial charge < -0.3 is 15.5 Å². The predicted octanol–water partition coefficient (Wildman–Crippen LogP) is 3.70. The number of para-hydroxylation sites is 1. The van der Waals surface area contributed by atoms with Crippen molar-refractivity contribution in [2.75, 3.05) is 11.1 Å². The van der Waals surface area contributed by atoms with Crippen molar-refractivity contribution in [3.63, 3.8) is 0 Å². The molecule has 4 rings (SSSR count). The first-order valence-corrected chi connectivity index (χ1v) is 6.56. The van der Waals surface area contributed by atoms with Gasteiger partial charge in [0.25, 0.3) is 6.01 Å². The number of hydrogen-bond donors (Lipinski definition) is 2. The summed E-state index contributed by atoms with van der Waals surface area (Å²) in [4.78, 5) is 8.55. The smallest absolute Gasteiger partial charge is 0.300 e. The standard InChI is InChI=1S/C16H12N4O/c17-12-4-2-6-14-15(12)20-16(21-14)19-13-5-1-3-10-7-8-18-9-11(10)13/h1-9H,17H2,(H,19,20). The maximum absolute atomic E-state index is 5.89. The summed E-state index contributed by atoms with van der Waals surface area (Å²) in [5.41, 5.74) is 8.72. The number of nitrogens with two attached hydrogens (primary N) is 1. The van der Waals surface area contributed by atoms with Crippen LogP contribution >= 0.6 is 0 Å². The van der Waals surface area contributed by atoms with Crippen LogP contribution in [0.2, 0.25) is 0 Å². The third-order valence-corrected chi connectivity index (χ3v) is 3.38. The van der Waals surface area contributed by atoms with Crippen LogP contribution in [0.5, 0.6) is 0 Å². The minimum Gasteiger partial charge on any atom is -0.423 e. The summed E-state index contributed by atoms with van der Waals surface area (Å²) in [6, 6.07) is 13.8. The second-order valence-corrected chi connectivity index (χ2v) is 4.74. The lowest BCUT2D eigenvalue weighted by Gasteiger charge is -2.05. The van der Waals surface area contributed by atoms with E-state index < -0.39 is 0 Å². The molecule has 21 heavy (non-hydrogen) atoms. The summed E-state index contributed by atoms with van der Waals surface area (Å²) in [6.07, 6.45) is 3.58. The highest BCUT2D eigenvalue weighted by Crippen LogP contribution is 2.28. The van der Waals surface area contributed by atoms with Gasteiger partial charge in [-0.3, -0.25) is 4.98 Å². The van der Waals surface area contributed by atoms with Crippen molar-refractivity contribution in [1.29, 1.82) is 0 Å². The third-order valence-electron chi connectivity index (χ3n) is 3.38. The van der Waals surface area contributed by atoms with Crippen LogP contribution in [0.15, 0.2) is 59.3 Å². The van der Waals surface area contributed by atoms with E-state index >= 15 is 0 Å². The molecule has 0 saturated carbocycles. The third kappa shape index (κ3) is 1.95. The molecule has 0 aliphatic rings. The van der Waals surface area contributed by atoms with Crippen LogP contribution < -0.4 is 11.1 Å². The van der Waals surface area contributed by atoms with Gasteiger partial charge in [0, 0.05) is 17.8 Å². The molecule has 0 amide bonds. The van der Waals surface area contributed by atoms with E-state index in [0.717, 1.165) is 16.5 Å². The van der Waals surface area contributed by atoms with Gasteiger partial charge in [0.05, 0.1) is 11.4 Å². The molecule has 2 heterocycles. The van der Waals surface area contributed by atoms with Gasteiger partial charge in [0.1, 0.15) is 5.52 Å². The first-order valence-electron chi connectivity index (χ1n) is 6.56.